The van der Waals surface area contributed by atoms with Crippen molar-refractivity contribution < 1.29 is 14.3 Å². The van der Waals surface area contributed by atoms with Crippen LogP contribution >= 0.6 is 11.3 Å². The molecule has 0 unspecified atom stereocenters. The van der Waals surface area contributed by atoms with Crippen LogP contribution in [-0.2, 0) is 9.59 Å². The Morgan fingerprint density at radius 3 is 2.48 bits per heavy atom. The Morgan fingerprint density at radius 2 is 1.79 bits per heavy atom. The maximum Gasteiger partial charge on any atom is 0.282 e. The lowest BCUT2D eigenvalue weighted by Crippen LogP contribution is -2.32. The van der Waals surface area contributed by atoms with Crippen molar-refractivity contribution in [2.45, 2.75) is 13.8 Å². The molecule has 146 valence electrons. The van der Waals surface area contributed by atoms with Crippen molar-refractivity contribution in [1.82, 2.24) is 0 Å². The van der Waals surface area contributed by atoms with Gasteiger partial charge in [-0.25, -0.2) is 4.90 Å². The third-order valence-corrected chi connectivity index (χ3v) is 5.69. The Labute approximate surface area is 173 Å². The third kappa shape index (κ3) is 3.43. The number of aryl methyl sites for hydroxylation is 2. The van der Waals surface area contributed by atoms with Crippen LogP contribution < -0.4 is 15.0 Å². The van der Waals surface area contributed by atoms with Crippen LogP contribution in [0.15, 0.2) is 65.7 Å². The fourth-order valence-corrected chi connectivity index (χ4v) is 4.14. The van der Waals surface area contributed by atoms with Crippen LogP contribution in [0.5, 0.6) is 5.75 Å². The molecule has 29 heavy (non-hydrogen) atoms. The van der Waals surface area contributed by atoms with Crippen molar-refractivity contribution in [2.75, 3.05) is 17.3 Å². The van der Waals surface area contributed by atoms with Gasteiger partial charge >= 0.3 is 0 Å². The second-order valence-corrected chi connectivity index (χ2v) is 7.77. The van der Waals surface area contributed by atoms with E-state index in [4.69, 9.17) is 4.74 Å². The summed E-state index contributed by atoms with van der Waals surface area (Å²) < 4.78 is 5.26. The third-order valence-electron chi connectivity index (χ3n) is 4.80. The fraction of sp³-hybridized carbons (Fsp3) is 0.130. The molecule has 0 bridgehead atoms. The molecule has 0 fully saturated rings. The van der Waals surface area contributed by atoms with E-state index in [0.717, 1.165) is 21.7 Å². The van der Waals surface area contributed by atoms with Crippen molar-refractivity contribution in [3.05, 3.63) is 81.7 Å². The molecule has 0 atom stereocenters. The number of hydrogen-bond acceptors (Lipinski definition) is 5. The lowest BCUT2D eigenvalue weighted by Gasteiger charge is -2.16. The first-order valence-electron chi connectivity index (χ1n) is 9.15. The van der Waals surface area contributed by atoms with Gasteiger partial charge in [-0.1, -0.05) is 29.8 Å². The summed E-state index contributed by atoms with van der Waals surface area (Å²) >= 11 is 1.43. The Morgan fingerprint density at radius 1 is 0.966 bits per heavy atom. The molecule has 2 aromatic carbocycles. The number of methoxy groups -OCH3 is 1. The molecular formula is C23H20N2O3S. The highest BCUT2D eigenvalue weighted by Gasteiger charge is 2.40. The number of imide groups is 1. The number of nitrogens with one attached hydrogen (secondary N) is 1. The molecule has 5 nitrogen and oxygen atoms in total. The number of benzene rings is 2. The first kappa shape index (κ1) is 19.0. The molecule has 2 heterocycles. The zero-order chi connectivity index (χ0) is 20.5. The quantitative estimate of drug-likeness (QED) is 0.623. The number of amides is 2. The van der Waals surface area contributed by atoms with E-state index in [0.29, 0.717) is 17.0 Å². The Bertz CT molecular complexity index is 1130. The van der Waals surface area contributed by atoms with Crippen LogP contribution in [0, 0.1) is 13.8 Å². The first-order valence-corrected chi connectivity index (χ1v) is 10.0. The summed E-state index contributed by atoms with van der Waals surface area (Å²) in [6.07, 6.45) is 0. The minimum atomic E-state index is -0.383. The number of carbonyl (C=O) groups excluding carboxylic acids is 2. The zero-order valence-corrected chi connectivity index (χ0v) is 17.2. The van der Waals surface area contributed by atoms with Gasteiger partial charge in [-0.2, -0.15) is 0 Å². The molecule has 0 aliphatic carbocycles. The summed E-state index contributed by atoms with van der Waals surface area (Å²) in [6, 6.07) is 16.6. The second-order valence-electron chi connectivity index (χ2n) is 6.82. The number of hydrogen-bond donors (Lipinski definition) is 1. The molecule has 6 heteroatoms. The smallest absolute Gasteiger partial charge is 0.282 e. The molecule has 3 aromatic rings. The fourth-order valence-electron chi connectivity index (χ4n) is 3.37. The summed E-state index contributed by atoms with van der Waals surface area (Å²) in [4.78, 5) is 28.6. The van der Waals surface area contributed by atoms with Crippen molar-refractivity contribution in [2.24, 2.45) is 0 Å². The lowest BCUT2D eigenvalue weighted by molar-refractivity contribution is -0.120. The van der Waals surface area contributed by atoms with Crippen LogP contribution in [0.1, 0.15) is 16.0 Å². The second kappa shape index (κ2) is 7.56. The molecule has 4 rings (SSSR count). The zero-order valence-electron chi connectivity index (χ0n) is 16.4. The molecular weight excluding hydrogens is 384 g/mol. The minimum Gasteiger partial charge on any atom is -0.497 e. The maximum absolute atomic E-state index is 13.4. The molecule has 0 spiro atoms. The summed E-state index contributed by atoms with van der Waals surface area (Å²) in [7, 11) is 1.55. The molecule has 2 amide bonds. The number of anilines is 2. The van der Waals surface area contributed by atoms with E-state index >= 15 is 0 Å². The number of carbonyl (C=O) groups is 2. The monoisotopic (exact) mass is 404 g/mol. The molecule has 1 aliphatic rings. The molecule has 0 radical (unpaired) electrons. The van der Waals surface area contributed by atoms with Crippen LogP contribution in [0.2, 0.25) is 0 Å². The Hall–Kier alpha value is -3.38. The van der Waals surface area contributed by atoms with Crippen molar-refractivity contribution in [1.29, 1.82) is 0 Å². The van der Waals surface area contributed by atoms with Crippen LogP contribution in [0.3, 0.4) is 0 Å². The SMILES string of the molecule is COc1cccc(N2C(=O)C(Nc3ccc(C)cc3C)=C(c3cccs3)C2=O)c1. The van der Waals surface area contributed by atoms with Gasteiger partial charge in [-0.05, 0) is 49.1 Å². The van der Waals surface area contributed by atoms with Gasteiger partial charge in [0, 0.05) is 16.6 Å². The van der Waals surface area contributed by atoms with E-state index in [1.54, 1.807) is 31.4 Å². The topological polar surface area (TPSA) is 58.6 Å². The van der Waals surface area contributed by atoms with Crippen LogP contribution in [0.4, 0.5) is 11.4 Å². The van der Waals surface area contributed by atoms with E-state index < -0.39 is 0 Å². The van der Waals surface area contributed by atoms with Crippen LogP contribution in [-0.4, -0.2) is 18.9 Å². The van der Waals surface area contributed by atoms with Crippen molar-refractivity contribution >= 4 is 40.1 Å². The van der Waals surface area contributed by atoms with Gasteiger partial charge in [0.15, 0.2) is 0 Å². The highest BCUT2D eigenvalue weighted by Crippen LogP contribution is 2.36. The molecule has 1 N–H and O–H groups in total. The van der Waals surface area contributed by atoms with Gasteiger partial charge in [0.1, 0.15) is 11.4 Å². The average molecular weight is 404 g/mol. The Kier molecular flexibility index (Phi) is 4.94. The van der Waals surface area contributed by atoms with Gasteiger partial charge < -0.3 is 10.1 Å². The first-order chi connectivity index (χ1) is 14.0. The lowest BCUT2D eigenvalue weighted by atomic mass is 10.1. The average Bonchev–Trinajstić information content (AvgIpc) is 3.31. The van der Waals surface area contributed by atoms with Crippen molar-refractivity contribution in [3.8, 4) is 5.75 Å². The van der Waals surface area contributed by atoms with E-state index in [9.17, 15) is 9.59 Å². The normalized spacial score (nSPS) is 14.0. The van der Waals surface area contributed by atoms with E-state index in [1.807, 2.05) is 49.6 Å². The summed E-state index contributed by atoms with van der Waals surface area (Å²) in [5, 5.41) is 5.12. The predicted molar refractivity (Wildman–Crippen MR) is 116 cm³/mol. The van der Waals surface area contributed by atoms with Gasteiger partial charge in [-0.3, -0.25) is 9.59 Å². The summed E-state index contributed by atoms with van der Waals surface area (Å²) in [5.74, 6) is -0.152. The summed E-state index contributed by atoms with van der Waals surface area (Å²) in [5.41, 5.74) is 4.08. The standard InChI is InChI=1S/C23H20N2O3S/c1-14-9-10-18(15(2)12-14)24-21-20(19-8-5-11-29-19)22(26)25(23(21)27)16-6-4-7-17(13-16)28-3/h4-13,24H,1-3H3. The molecule has 1 aromatic heterocycles. The van der Waals surface area contributed by atoms with Gasteiger partial charge in [0.25, 0.3) is 11.8 Å². The van der Waals surface area contributed by atoms with Gasteiger partial charge in [0.2, 0.25) is 0 Å². The van der Waals surface area contributed by atoms with Crippen LogP contribution in [0.25, 0.3) is 5.57 Å². The number of ether oxygens (including phenoxy) is 1. The minimum absolute atomic E-state index is 0.284. The van der Waals surface area contributed by atoms with Gasteiger partial charge in [0.05, 0.1) is 18.4 Å². The van der Waals surface area contributed by atoms with E-state index in [2.05, 4.69) is 5.32 Å². The largest absolute Gasteiger partial charge is 0.497 e. The van der Waals surface area contributed by atoms with E-state index in [-0.39, 0.29) is 17.5 Å². The van der Waals surface area contributed by atoms with Gasteiger partial charge in [-0.15, -0.1) is 11.3 Å². The highest BCUT2D eigenvalue weighted by molar-refractivity contribution is 7.11. The number of thiophene rings is 1. The predicted octanol–water partition coefficient (Wildman–Crippen LogP) is 4.77. The number of nitrogens with zero attached hydrogens (tertiary/aromatic N) is 1. The number of rotatable bonds is 5. The van der Waals surface area contributed by atoms with Crippen molar-refractivity contribution in [3.63, 3.8) is 0 Å². The molecule has 0 saturated carbocycles. The van der Waals surface area contributed by atoms with E-state index in [1.165, 1.54) is 16.2 Å². The molecule has 1 aliphatic heterocycles. The maximum atomic E-state index is 13.4. The Balaban J connectivity index is 1.80. The summed E-state index contributed by atoms with van der Waals surface area (Å²) in [6.45, 7) is 3.99. The molecule has 0 saturated heterocycles. The highest BCUT2D eigenvalue weighted by atomic mass is 32.1.